The highest BCUT2D eigenvalue weighted by atomic mass is 32.1. The van der Waals surface area contributed by atoms with Crippen LogP contribution in [0.15, 0.2) is 23.2 Å². The molecular formula is C20H30N6O2S. The molecular weight excluding hydrogens is 388 g/mol. The molecule has 1 aromatic carbocycles. The van der Waals surface area contributed by atoms with Crippen LogP contribution in [0.25, 0.3) is 0 Å². The fourth-order valence-corrected chi connectivity index (χ4v) is 4.04. The van der Waals surface area contributed by atoms with Gasteiger partial charge in [-0.3, -0.25) is 4.99 Å². The number of nitrogens with one attached hydrogen (secondary N) is 1. The molecule has 8 nitrogen and oxygen atoms in total. The van der Waals surface area contributed by atoms with Gasteiger partial charge >= 0.3 is 0 Å². The van der Waals surface area contributed by atoms with Gasteiger partial charge in [0.1, 0.15) is 5.82 Å². The molecule has 2 heterocycles. The molecule has 0 amide bonds. The predicted molar refractivity (Wildman–Crippen MR) is 117 cm³/mol. The van der Waals surface area contributed by atoms with Gasteiger partial charge in [-0.15, -0.1) is 0 Å². The maximum atomic E-state index is 5.59. The molecule has 9 heteroatoms. The summed E-state index contributed by atoms with van der Waals surface area (Å²) in [7, 11) is 3.49. The first-order valence-corrected chi connectivity index (χ1v) is 10.8. The number of aromatic nitrogens is 2. The van der Waals surface area contributed by atoms with Crippen LogP contribution >= 0.6 is 11.5 Å². The van der Waals surface area contributed by atoms with E-state index < -0.39 is 0 Å². The maximum absolute atomic E-state index is 5.59. The molecule has 0 unspecified atom stereocenters. The van der Waals surface area contributed by atoms with Crippen molar-refractivity contribution in [2.24, 2.45) is 4.99 Å². The summed E-state index contributed by atoms with van der Waals surface area (Å²) in [6, 6.07) is 6.00. The Morgan fingerprint density at radius 1 is 1.21 bits per heavy atom. The lowest BCUT2D eigenvalue weighted by Crippen LogP contribution is -2.52. The molecule has 158 valence electrons. The zero-order valence-corrected chi connectivity index (χ0v) is 18.5. The van der Waals surface area contributed by atoms with Crippen molar-refractivity contribution in [3.63, 3.8) is 0 Å². The van der Waals surface area contributed by atoms with Crippen molar-refractivity contribution in [3.05, 3.63) is 29.6 Å². The van der Waals surface area contributed by atoms with Crippen molar-refractivity contribution < 1.29 is 9.47 Å². The topological polar surface area (TPSA) is 75.1 Å². The van der Waals surface area contributed by atoms with Crippen LogP contribution in [-0.2, 0) is 13.0 Å². The van der Waals surface area contributed by atoms with Gasteiger partial charge in [0.05, 0.1) is 13.7 Å². The molecule has 1 saturated heterocycles. The predicted octanol–water partition coefficient (Wildman–Crippen LogP) is 2.41. The van der Waals surface area contributed by atoms with Gasteiger partial charge < -0.3 is 24.6 Å². The summed E-state index contributed by atoms with van der Waals surface area (Å²) in [5, 5.41) is 4.48. The summed E-state index contributed by atoms with van der Waals surface area (Å²) < 4.78 is 15.4. The first-order chi connectivity index (χ1) is 14.2. The Hall–Kier alpha value is -2.55. The van der Waals surface area contributed by atoms with Gasteiger partial charge in [-0.2, -0.15) is 4.37 Å². The molecule has 0 atom stereocenters. The van der Waals surface area contributed by atoms with Gasteiger partial charge in [-0.1, -0.05) is 13.0 Å². The van der Waals surface area contributed by atoms with Crippen LogP contribution in [0.1, 0.15) is 25.2 Å². The summed E-state index contributed by atoms with van der Waals surface area (Å²) in [6.45, 7) is 8.95. The van der Waals surface area contributed by atoms with Crippen LogP contribution in [0.3, 0.4) is 0 Å². The van der Waals surface area contributed by atoms with E-state index in [1.807, 2.05) is 32.2 Å². The van der Waals surface area contributed by atoms with Crippen LogP contribution in [-0.4, -0.2) is 67.2 Å². The molecule has 2 aromatic rings. The number of methoxy groups -OCH3 is 1. The number of guanidine groups is 1. The van der Waals surface area contributed by atoms with Gasteiger partial charge in [0.15, 0.2) is 17.5 Å². The minimum absolute atomic E-state index is 0.614. The molecule has 0 spiro atoms. The highest BCUT2D eigenvalue weighted by Crippen LogP contribution is 2.28. The van der Waals surface area contributed by atoms with Gasteiger partial charge in [-0.25, -0.2) is 4.98 Å². The molecule has 29 heavy (non-hydrogen) atoms. The molecule has 1 fully saturated rings. The van der Waals surface area contributed by atoms with Crippen LogP contribution in [0.4, 0.5) is 5.13 Å². The second-order valence-corrected chi connectivity index (χ2v) is 7.37. The monoisotopic (exact) mass is 418 g/mol. The summed E-state index contributed by atoms with van der Waals surface area (Å²) in [4.78, 5) is 13.7. The van der Waals surface area contributed by atoms with E-state index in [1.165, 1.54) is 11.5 Å². The number of ether oxygens (including phenoxy) is 2. The minimum atomic E-state index is 0.614. The van der Waals surface area contributed by atoms with E-state index in [-0.39, 0.29) is 0 Å². The van der Waals surface area contributed by atoms with Gasteiger partial charge in [0.25, 0.3) is 0 Å². The number of aryl methyl sites for hydroxylation is 1. The zero-order chi connectivity index (χ0) is 20.6. The summed E-state index contributed by atoms with van der Waals surface area (Å²) in [5.41, 5.74) is 1.12. The van der Waals surface area contributed by atoms with Crippen molar-refractivity contribution in [1.82, 2.24) is 19.6 Å². The Morgan fingerprint density at radius 3 is 2.62 bits per heavy atom. The van der Waals surface area contributed by atoms with Gasteiger partial charge in [0.2, 0.25) is 5.13 Å². The molecule has 1 aliphatic rings. The average molecular weight is 419 g/mol. The summed E-state index contributed by atoms with van der Waals surface area (Å²) in [5.74, 6) is 3.35. The van der Waals surface area contributed by atoms with E-state index in [1.54, 1.807) is 7.11 Å². The quantitative estimate of drug-likeness (QED) is 0.547. The van der Waals surface area contributed by atoms with E-state index in [4.69, 9.17) is 9.47 Å². The average Bonchev–Trinajstić information content (AvgIpc) is 3.25. The van der Waals surface area contributed by atoms with Gasteiger partial charge in [-0.05, 0) is 24.6 Å². The van der Waals surface area contributed by atoms with Crippen molar-refractivity contribution >= 4 is 22.6 Å². The number of anilines is 1. The van der Waals surface area contributed by atoms with E-state index in [0.717, 1.165) is 66.6 Å². The van der Waals surface area contributed by atoms with Crippen LogP contribution in [0.5, 0.6) is 11.5 Å². The van der Waals surface area contributed by atoms with E-state index in [0.29, 0.717) is 13.2 Å². The first kappa shape index (κ1) is 21.2. The Balaban J connectivity index is 1.54. The smallest absolute Gasteiger partial charge is 0.205 e. The standard InChI is InChI=1S/C20H30N6O2S/c1-5-18-23-20(29-24-18)26-11-9-25(10-12-26)19(21-3)22-14-15-7-8-16(28-6-2)17(13-15)27-4/h7-8,13H,5-6,9-12,14H2,1-4H3,(H,21,22). The second kappa shape index (κ2) is 10.3. The van der Waals surface area contributed by atoms with E-state index in [2.05, 4.69) is 36.4 Å². The fraction of sp³-hybridized carbons (Fsp3) is 0.550. The molecule has 1 aliphatic heterocycles. The number of piperazine rings is 1. The number of benzene rings is 1. The molecule has 1 N–H and O–H groups in total. The Labute approximate surface area is 176 Å². The molecule has 0 saturated carbocycles. The number of nitrogens with zero attached hydrogens (tertiary/aromatic N) is 5. The van der Waals surface area contributed by atoms with Crippen molar-refractivity contribution in [1.29, 1.82) is 0 Å². The Kier molecular flexibility index (Phi) is 7.51. The third-order valence-corrected chi connectivity index (χ3v) is 5.63. The zero-order valence-electron chi connectivity index (χ0n) is 17.6. The molecule has 0 aliphatic carbocycles. The van der Waals surface area contributed by atoms with E-state index >= 15 is 0 Å². The largest absolute Gasteiger partial charge is 0.493 e. The SMILES string of the molecule is CCOc1ccc(CNC(=NC)N2CCN(c3nc(CC)ns3)CC2)cc1OC. The first-order valence-electron chi connectivity index (χ1n) is 10.0. The molecule has 3 rings (SSSR count). The van der Waals surface area contributed by atoms with Gasteiger partial charge in [0, 0.05) is 57.7 Å². The number of hydrogen-bond donors (Lipinski definition) is 1. The molecule has 1 aromatic heterocycles. The number of hydrogen-bond acceptors (Lipinski definition) is 7. The Morgan fingerprint density at radius 2 is 2.00 bits per heavy atom. The van der Waals surface area contributed by atoms with Crippen molar-refractivity contribution in [2.45, 2.75) is 26.8 Å². The normalized spacial score (nSPS) is 14.8. The number of rotatable bonds is 7. The van der Waals surface area contributed by atoms with Crippen LogP contribution in [0.2, 0.25) is 0 Å². The highest BCUT2D eigenvalue weighted by Gasteiger charge is 2.22. The lowest BCUT2D eigenvalue weighted by molar-refractivity contribution is 0.310. The molecule has 0 radical (unpaired) electrons. The van der Waals surface area contributed by atoms with Crippen LogP contribution in [0, 0.1) is 0 Å². The Bertz CT molecular complexity index is 817. The lowest BCUT2D eigenvalue weighted by Gasteiger charge is -2.36. The fourth-order valence-electron chi connectivity index (χ4n) is 3.24. The van der Waals surface area contributed by atoms with Crippen LogP contribution < -0.4 is 19.7 Å². The highest BCUT2D eigenvalue weighted by molar-refractivity contribution is 7.09. The third-order valence-electron chi connectivity index (χ3n) is 4.81. The number of aliphatic imine (C=N–C) groups is 1. The van der Waals surface area contributed by atoms with E-state index in [9.17, 15) is 0 Å². The lowest BCUT2D eigenvalue weighted by atomic mass is 10.2. The maximum Gasteiger partial charge on any atom is 0.205 e. The van der Waals surface area contributed by atoms with Crippen molar-refractivity contribution in [2.75, 3.05) is 51.8 Å². The third kappa shape index (κ3) is 5.29. The summed E-state index contributed by atoms with van der Waals surface area (Å²) in [6.07, 6.45) is 0.878. The molecule has 0 bridgehead atoms. The minimum Gasteiger partial charge on any atom is -0.493 e. The van der Waals surface area contributed by atoms with Crippen molar-refractivity contribution in [3.8, 4) is 11.5 Å². The summed E-state index contributed by atoms with van der Waals surface area (Å²) >= 11 is 1.49. The second-order valence-electron chi connectivity index (χ2n) is 6.64.